The van der Waals surface area contributed by atoms with Gasteiger partial charge >= 0.3 is 0 Å². The van der Waals surface area contributed by atoms with Gasteiger partial charge in [0, 0.05) is 13.2 Å². The summed E-state index contributed by atoms with van der Waals surface area (Å²) in [5.74, 6) is 2.50. The Balaban J connectivity index is 3.38. The van der Waals surface area contributed by atoms with Crippen LogP contribution in [0.1, 0.15) is 66.2 Å². The molecule has 110 valence electrons. The Morgan fingerprint density at radius 1 is 0.833 bits per heavy atom. The molecule has 2 unspecified atom stereocenters. The van der Waals surface area contributed by atoms with Gasteiger partial charge in [0.05, 0.1) is 0 Å². The van der Waals surface area contributed by atoms with Crippen molar-refractivity contribution in [1.82, 2.24) is 0 Å². The van der Waals surface area contributed by atoms with Gasteiger partial charge in [-0.25, -0.2) is 0 Å². The van der Waals surface area contributed by atoms with Crippen LogP contribution in [0.5, 0.6) is 0 Å². The molecule has 0 aliphatic carbocycles. The molecule has 0 aromatic carbocycles. The maximum Gasteiger partial charge on any atom is 0.0468 e. The van der Waals surface area contributed by atoms with Gasteiger partial charge in [-0.05, 0) is 50.0 Å². The van der Waals surface area contributed by atoms with Crippen molar-refractivity contribution in [2.75, 3.05) is 19.8 Å². The van der Waals surface area contributed by atoms with E-state index in [2.05, 4.69) is 27.7 Å². The van der Waals surface area contributed by atoms with Crippen LogP contribution in [0.3, 0.4) is 0 Å². The van der Waals surface area contributed by atoms with E-state index in [1.807, 2.05) is 0 Å². The predicted octanol–water partition coefficient (Wildman–Crippen LogP) is 4.23. The van der Waals surface area contributed by atoms with Crippen LogP contribution < -0.4 is 5.73 Å². The molecule has 0 bridgehead atoms. The third-order valence-corrected chi connectivity index (χ3v) is 3.54. The van der Waals surface area contributed by atoms with Gasteiger partial charge in [-0.2, -0.15) is 0 Å². The summed E-state index contributed by atoms with van der Waals surface area (Å²) in [6, 6.07) is 0. The fourth-order valence-corrected chi connectivity index (χ4v) is 2.28. The third kappa shape index (κ3) is 12.4. The van der Waals surface area contributed by atoms with E-state index >= 15 is 0 Å². The van der Waals surface area contributed by atoms with E-state index in [9.17, 15) is 0 Å². The van der Waals surface area contributed by atoms with Crippen molar-refractivity contribution in [2.24, 2.45) is 23.5 Å². The molecule has 18 heavy (non-hydrogen) atoms. The molecule has 0 saturated carbocycles. The summed E-state index contributed by atoms with van der Waals surface area (Å²) < 4.78 is 5.63. The van der Waals surface area contributed by atoms with Crippen molar-refractivity contribution < 1.29 is 4.74 Å². The maximum absolute atomic E-state index is 5.63. The number of rotatable bonds is 12. The predicted molar refractivity (Wildman–Crippen MR) is 80.7 cm³/mol. The van der Waals surface area contributed by atoms with E-state index < -0.39 is 0 Å². The quantitative estimate of drug-likeness (QED) is 0.531. The Morgan fingerprint density at radius 2 is 1.50 bits per heavy atom. The maximum atomic E-state index is 5.63. The normalized spacial score (nSPS) is 15.0. The summed E-state index contributed by atoms with van der Waals surface area (Å²) in [6.07, 6.45) is 7.48. The minimum atomic E-state index is 0.785. The number of hydrogen-bond acceptors (Lipinski definition) is 2. The topological polar surface area (TPSA) is 35.2 Å². The van der Waals surface area contributed by atoms with Crippen LogP contribution in [0.4, 0.5) is 0 Å². The van der Waals surface area contributed by atoms with E-state index in [4.69, 9.17) is 10.5 Å². The minimum Gasteiger partial charge on any atom is -0.381 e. The number of nitrogens with two attached hydrogens (primary N) is 1. The molecule has 2 nitrogen and oxygen atoms in total. The highest BCUT2D eigenvalue weighted by atomic mass is 16.5. The van der Waals surface area contributed by atoms with E-state index in [0.717, 1.165) is 50.4 Å². The van der Waals surface area contributed by atoms with E-state index in [1.165, 1.54) is 25.7 Å². The molecule has 0 spiro atoms. The highest BCUT2D eigenvalue weighted by Gasteiger charge is 2.09. The fraction of sp³-hybridized carbons (Fsp3) is 1.00. The molecule has 2 N–H and O–H groups in total. The second-order valence-corrected chi connectivity index (χ2v) is 6.31. The van der Waals surface area contributed by atoms with Crippen molar-refractivity contribution in [3.8, 4) is 0 Å². The zero-order chi connectivity index (χ0) is 13.8. The smallest absolute Gasteiger partial charge is 0.0468 e. The Bertz CT molecular complexity index is 170. The molecular formula is C16H35NO. The van der Waals surface area contributed by atoms with Gasteiger partial charge in [-0.15, -0.1) is 0 Å². The van der Waals surface area contributed by atoms with Gasteiger partial charge in [-0.3, -0.25) is 0 Å². The molecule has 0 amide bonds. The molecule has 0 fully saturated rings. The van der Waals surface area contributed by atoms with Crippen LogP contribution in [-0.4, -0.2) is 19.8 Å². The first-order valence-electron chi connectivity index (χ1n) is 7.84. The lowest BCUT2D eigenvalue weighted by atomic mass is 9.90. The van der Waals surface area contributed by atoms with Gasteiger partial charge in [0.2, 0.25) is 0 Å². The zero-order valence-corrected chi connectivity index (χ0v) is 13.1. The molecule has 2 heteroatoms. The molecule has 0 aromatic heterocycles. The molecule has 0 aliphatic rings. The van der Waals surface area contributed by atoms with E-state index in [1.54, 1.807) is 0 Å². The van der Waals surface area contributed by atoms with Crippen molar-refractivity contribution in [2.45, 2.75) is 66.2 Å². The van der Waals surface area contributed by atoms with Crippen molar-refractivity contribution in [3.63, 3.8) is 0 Å². The van der Waals surface area contributed by atoms with Gasteiger partial charge in [0.15, 0.2) is 0 Å². The molecule has 0 heterocycles. The summed E-state index contributed by atoms with van der Waals surface area (Å²) in [4.78, 5) is 0. The lowest BCUT2D eigenvalue weighted by Gasteiger charge is -2.18. The van der Waals surface area contributed by atoms with E-state index in [0.29, 0.717) is 0 Å². The molecular weight excluding hydrogens is 222 g/mol. The van der Waals surface area contributed by atoms with Crippen molar-refractivity contribution in [1.29, 1.82) is 0 Å². The summed E-state index contributed by atoms with van der Waals surface area (Å²) in [5, 5.41) is 0. The first kappa shape index (κ1) is 17.9. The first-order chi connectivity index (χ1) is 8.56. The van der Waals surface area contributed by atoms with Gasteiger partial charge in [0.1, 0.15) is 0 Å². The van der Waals surface area contributed by atoms with Crippen LogP contribution in [0.25, 0.3) is 0 Å². The molecule has 0 aromatic rings. The number of unbranched alkanes of at least 4 members (excludes halogenated alkanes) is 1. The molecule has 0 saturated heterocycles. The Labute approximate surface area is 115 Å². The third-order valence-electron chi connectivity index (χ3n) is 3.54. The lowest BCUT2D eigenvalue weighted by molar-refractivity contribution is 0.115. The average molecular weight is 257 g/mol. The molecule has 2 atom stereocenters. The minimum absolute atomic E-state index is 0.785. The number of ether oxygens (including phenoxy) is 1. The second-order valence-electron chi connectivity index (χ2n) is 6.31. The van der Waals surface area contributed by atoms with Crippen LogP contribution >= 0.6 is 0 Å². The number of hydrogen-bond donors (Lipinski definition) is 1. The largest absolute Gasteiger partial charge is 0.381 e. The molecule has 0 rings (SSSR count). The van der Waals surface area contributed by atoms with Crippen LogP contribution in [0.15, 0.2) is 0 Å². The zero-order valence-electron chi connectivity index (χ0n) is 13.1. The molecule has 0 aliphatic heterocycles. The van der Waals surface area contributed by atoms with Crippen molar-refractivity contribution in [3.05, 3.63) is 0 Å². The van der Waals surface area contributed by atoms with Crippen molar-refractivity contribution >= 4 is 0 Å². The Kier molecular flexibility index (Phi) is 11.9. The second kappa shape index (κ2) is 12.0. The molecule has 0 radical (unpaired) electrons. The first-order valence-corrected chi connectivity index (χ1v) is 7.84. The summed E-state index contributed by atoms with van der Waals surface area (Å²) in [6.45, 7) is 12.0. The SMILES string of the molecule is CC(C)CCC(C)CC(C)CCOCCCCN. The van der Waals surface area contributed by atoms with Crippen LogP contribution in [0.2, 0.25) is 0 Å². The summed E-state index contributed by atoms with van der Waals surface area (Å²) in [7, 11) is 0. The van der Waals surface area contributed by atoms with E-state index in [-0.39, 0.29) is 0 Å². The lowest BCUT2D eigenvalue weighted by Crippen LogP contribution is -2.08. The average Bonchev–Trinajstić information content (AvgIpc) is 2.31. The summed E-state index contributed by atoms with van der Waals surface area (Å²) >= 11 is 0. The highest BCUT2D eigenvalue weighted by molar-refractivity contribution is 4.61. The summed E-state index contributed by atoms with van der Waals surface area (Å²) in [5.41, 5.74) is 5.44. The van der Waals surface area contributed by atoms with Gasteiger partial charge in [-0.1, -0.05) is 40.5 Å². The Morgan fingerprint density at radius 3 is 2.11 bits per heavy atom. The van der Waals surface area contributed by atoms with Gasteiger partial charge < -0.3 is 10.5 Å². The highest BCUT2D eigenvalue weighted by Crippen LogP contribution is 2.21. The fourth-order valence-electron chi connectivity index (χ4n) is 2.28. The Hall–Kier alpha value is -0.0800. The standard InChI is InChI=1S/C16H35NO/c1-14(2)7-8-15(3)13-16(4)9-12-18-11-6-5-10-17/h14-16H,5-13,17H2,1-4H3. The monoisotopic (exact) mass is 257 g/mol. The van der Waals surface area contributed by atoms with Gasteiger partial charge in [0.25, 0.3) is 0 Å². The van der Waals surface area contributed by atoms with Crippen LogP contribution in [0, 0.1) is 17.8 Å². The van der Waals surface area contributed by atoms with Crippen LogP contribution in [-0.2, 0) is 4.74 Å².